The van der Waals surface area contributed by atoms with Crippen molar-refractivity contribution in [3.8, 4) is 0 Å². The summed E-state index contributed by atoms with van der Waals surface area (Å²) in [7, 11) is 1.49. The van der Waals surface area contributed by atoms with Crippen molar-refractivity contribution in [2.75, 3.05) is 13.7 Å². The van der Waals surface area contributed by atoms with Gasteiger partial charge in [-0.3, -0.25) is 9.59 Å². The third kappa shape index (κ3) is 5.77. The molecule has 92 valence electrons. The Bertz CT molecular complexity index is 258. The van der Waals surface area contributed by atoms with Gasteiger partial charge in [0.25, 0.3) is 0 Å². The number of rotatable bonds is 7. The van der Waals surface area contributed by atoms with Crippen LogP contribution in [-0.4, -0.2) is 41.9 Å². The number of carbonyl (C=O) groups is 2. The number of aliphatic hydroxyl groups is 1. The molecule has 0 saturated heterocycles. The number of aliphatic hydroxyl groups excluding tert-OH is 1. The van der Waals surface area contributed by atoms with Crippen molar-refractivity contribution in [3.63, 3.8) is 0 Å². The fraction of sp³-hybridized carbons (Fsp3) is 0.600. The Kier molecular flexibility index (Phi) is 7.66. The summed E-state index contributed by atoms with van der Waals surface area (Å²) in [6, 6.07) is -0.674. The second kappa shape index (κ2) is 8.18. The molecule has 3 N–H and O–H groups in total. The standard InChI is InChI=1S/C10H18N2O3S/c1-3-4-7(16)5-8(10(15)11-2)12-9(14)6-13/h3,7-8,13,16H,1,4-6H2,2H3,(H,11,15)(H,12,14)/t7?,8-/m0/s1. The molecule has 0 aromatic heterocycles. The molecule has 0 heterocycles. The molecule has 0 aliphatic heterocycles. The highest BCUT2D eigenvalue weighted by Gasteiger charge is 2.21. The monoisotopic (exact) mass is 246 g/mol. The van der Waals surface area contributed by atoms with Gasteiger partial charge in [-0.05, 0) is 12.8 Å². The lowest BCUT2D eigenvalue weighted by molar-refractivity contribution is -0.130. The maximum Gasteiger partial charge on any atom is 0.246 e. The van der Waals surface area contributed by atoms with Crippen LogP contribution in [0.25, 0.3) is 0 Å². The van der Waals surface area contributed by atoms with Crippen LogP contribution in [0, 0.1) is 0 Å². The lowest BCUT2D eigenvalue weighted by Crippen LogP contribution is -2.47. The quantitative estimate of drug-likeness (QED) is 0.360. The van der Waals surface area contributed by atoms with Gasteiger partial charge in [0.1, 0.15) is 12.6 Å². The highest BCUT2D eigenvalue weighted by atomic mass is 32.1. The number of amides is 2. The van der Waals surface area contributed by atoms with Crippen LogP contribution in [0.15, 0.2) is 12.7 Å². The topological polar surface area (TPSA) is 78.4 Å². The van der Waals surface area contributed by atoms with Crippen LogP contribution in [0.4, 0.5) is 0 Å². The molecule has 0 aromatic rings. The van der Waals surface area contributed by atoms with Gasteiger partial charge in [-0.15, -0.1) is 6.58 Å². The van der Waals surface area contributed by atoms with Crippen LogP contribution in [0.1, 0.15) is 12.8 Å². The van der Waals surface area contributed by atoms with Gasteiger partial charge >= 0.3 is 0 Å². The van der Waals surface area contributed by atoms with Gasteiger partial charge in [0.2, 0.25) is 11.8 Å². The number of nitrogens with one attached hydrogen (secondary N) is 2. The second-order valence-corrected chi connectivity index (χ2v) is 4.04. The second-order valence-electron chi connectivity index (χ2n) is 3.31. The highest BCUT2D eigenvalue weighted by Crippen LogP contribution is 2.10. The van der Waals surface area contributed by atoms with Crippen molar-refractivity contribution in [1.29, 1.82) is 0 Å². The summed E-state index contributed by atoms with van der Waals surface area (Å²) in [6.45, 7) is 2.94. The highest BCUT2D eigenvalue weighted by molar-refractivity contribution is 7.80. The minimum atomic E-state index is -0.674. The molecule has 6 heteroatoms. The first kappa shape index (κ1) is 15.0. The minimum absolute atomic E-state index is 0.0567. The third-order valence-electron chi connectivity index (χ3n) is 1.99. The zero-order valence-electron chi connectivity index (χ0n) is 9.27. The number of hydrogen-bond acceptors (Lipinski definition) is 4. The molecule has 0 aliphatic rings. The smallest absolute Gasteiger partial charge is 0.246 e. The van der Waals surface area contributed by atoms with E-state index in [0.29, 0.717) is 12.8 Å². The largest absolute Gasteiger partial charge is 0.387 e. The van der Waals surface area contributed by atoms with E-state index in [9.17, 15) is 9.59 Å². The number of likely N-dealkylation sites (N-methyl/N-ethyl adjacent to an activating group) is 1. The molecular formula is C10H18N2O3S. The summed E-state index contributed by atoms with van der Waals surface area (Å²) in [5.74, 6) is -0.877. The Labute approximate surface area is 101 Å². The summed E-state index contributed by atoms with van der Waals surface area (Å²) < 4.78 is 0. The molecule has 2 atom stereocenters. The molecule has 0 bridgehead atoms. The number of thiol groups is 1. The fourth-order valence-corrected chi connectivity index (χ4v) is 1.57. The molecule has 1 unspecified atom stereocenters. The van der Waals surface area contributed by atoms with Gasteiger partial charge in [-0.25, -0.2) is 0 Å². The first-order valence-electron chi connectivity index (χ1n) is 4.95. The summed E-state index contributed by atoms with van der Waals surface area (Å²) in [5.41, 5.74) is 0. The van der Waals surface area contributed by atoms with Crippen LogP contribution in [0.5, 0.6) is 0 Å². The maximum absolute atomic E-state index is 11.4. The molecule has 16 heavy (non-hydrogen) atoms. The average Bonchev–Trinajstić information content (AvgIpc) is 2.27. The van der Waals surface area contributed by atoms with E-state index in [0.717, 1.165) is 0 Å². The summed E-state index contributed by atoms with van der Waals surface area (Å²) >= 11 is 4.27. The van der Waals surface area contributed by atoms with Crippen molar-refractivity contribution >= 4 is 24.4 Å². The fourth-order valence-electron chi connectivity index (χ4n) is 1.21. The van der Waals surface area contributed by atoms with Crippen LogP contribution in [-0.2, 0) is 9.59 Å². The van der Waals surface area contributed by atoms with Gasteiger partial charge in [0.15, 0.2) is 0 Å². The zero-order chi connectivity index (χ0) is 12.6. The van der Waals surface area contributed by atoms with E-state index in [1.54, 1.807) is 6.08 Å². The lowest BCUT2D eigenvalue weighted by Gasteiger charge is -2.19. The van der Waals surface area contributed by atoms with Gasteiger partial charge in [0.05, 0.1) is 0 Å². The summed E-state index contributed by atoms with van der Waals surface area (Å²) in [6.07, 6.45) is 2.73. The Morgan fingerprint density at radius 1 is 1.56 bits per heavy atom. The molecule has 0 spiro atoms. The van der Waals surface area contributed by atoms with Crippen LogP contribution >= 0.6 is 12.6 Å². The van der Waals surface area contributed by atoms with Crippen LogP contribution < -0.4 is 10.6 Å². The number of carbonyl (C=O) groups excluding carboxylic acids is 2. The van der Waals surface area contributed by atoms with E-state index in [4.69, 9.17) is 5.11 Å². The average molecular weight is 246 g/mol. The summed E-state index contributed by atoms with van der Waals surface area (Å²) in [4.78, 5) is 22.4. The maximum atomic E-state index is 11.4. The Morgan fingerprint density at radius 3 is 2.62 bits per heavy atom. The molecule has 5 nitrogen and oxygen atoms in total. The zero-order valence-corrected chi connectivity index (χ0v) is 10.2. The van der Waals surface area contributed by atoms with Crippen molar-refractivity contribution in [1.82, 2.24) is 10.6 Å². The van der Waals surface area contributed by atoms with Crippen LogP contribution in [0.3, 0.4) is 0 Å². The van der Waals surface area contributed by atoms with Crippen molar-refractivity contribution < 1.29 is 14.7 Å². The van der Waals surface area contributed by atoms with E-state index in [-0.39, 0.29) is 11.2 Å². The molecule has 0 aromatic carbocycles. The summed E-state index contributed by atoms with van der Waals surface area (Å²) in [5, 5.41) is 13.4. The molecule has 2 amide bonds. The van der Waals surface area contributed by atoms with E-state index in [1.807, 2.05) is 0 Å². The van der Waals surface area contributed by atoms with Crippen molar-refractivity contribution in [2.24, 2.45) is 0 Å². The van der Waals surface area contributed by atoms with Crippen molar-refractivity contribution in [3.05, 3.63) is 12.7 Å². The Morgan fingerprint density at radius 2 is 2.19 bits per heavy atom. The molecule has 0 saturated carbocycles. The Balaban J connectivity index is 4.36. The SMILES string of the molecule is C=CCC(S)C[C@H](NC(=O)CO)C(=O)NC. The van der Waals surface area contributed by atoms with E-state index >= 15 is 0 Å². The van der Waals surface area contributed by atoms with Gasteiger partial charge < -0.3 is 15.7 Å². The molecule has 0 rings (SSSR count). The van der Waals surface area contributed by atoms with Crippen LogP contribution in [0.2, 0.25) is 0 Å². The van der Waals surface area contributed by atoms with E-state index in [1.165, 1.54) is 7.05 Å². The normalized spacial score (nSPS) is 13.7. The Hall–Kier alpha value is -1.01. The number of hydrogen-bond donors (Lipinski definition) is 4. The predicted molar refractivity (Wildman–Crippen MR) is 65.3 cm³/mol. The van der Waals surface area contributed by atoms with Gasteiger partial charge in [-0.1, -0.05) is 6.08 Å². The predicted octanol–water partition coefficient (Wildman–Crippen LogP) is -0.526. The minimum Gasteiger partial charge on any atom is -0.387 e. The third-order valence-corrected chi connectivity index (χ3v) is 2.41. The van der Waals surface area contributed by atoms with E-state index in [2.05, 4.69) is 29.8 Å². The number of allylic oxidation sites excluding steroid dienone is 1. The van der Waals surface area contributed by atoms with E-state index < -0.39 is 18.6 Å². The molecular weight excluding hydrogens is 228 g/mol. The van der Waals surface area contributed by atoms with Gasteiger partial charge in [-0.2, -0.15) is 12.6 Å². The molecule has 0 fully saturated rings. The lowest BCUT2D eigenvalue weighted by atomic mass is 10.1. The molecule has 0 aliphatic carbocycles. The first-order valence-corrected chi connectivity index (χ1v) is 5.47. The van der Waals surface area contributed by atoms with Gasteiger partial charge in [0, 0.05) is 12.3 Å². The molecule has 0 radical (unpaired) electrons. The first-order chi connectivity index (χ1) is 7.54. The van der Waals surface area contributed by atoms with Crippen molar-refractivity contribution in [2.45, 2.75) is 24.1 Å².